The van der Waals surface area contributed by atoms with E-state index < -0.39 is 0 Å². The van der Waals surface area contributed by atoms with Crippen LogP contribution < -0.4 is 5.32 Å². The van der Waals surface area contributed by atoms with Gasteiger partial charge in [0, 0.05) is 32.1 Å². The van der Waals surface area contributed by atoms with Crippen LogP contribution in [0.1, 0.15) is 25.7 Å². The molecule has 4 nitrogen and oxygen atoms in total. The minimum atomic E-state index is -0.0637. The Kier molecular flexibility index (Phi) is 2.64. The minimum absolute atomic E-state index is 0.0637. The van der Waals surface area contributed by atoms with E-state index in [1.54, 1.807) is 0 Å². The molecule has 0 aliphatic carbocycles. The molecule has 3 fully saturated rings. The van der Waals surface area contributed by atoms with Crippen LogP contribution in [-0.4, -0.2) is 37.9 Å². The largest absolute Gasteiger partial charge is 0.378 e. The van der Waals surface area contributed by atoms with Crippen LogP contribution in [0, 0.1) is 11.8 Å². The summed E-state index contributed by atoms with van der Waals surface area (Å²) in [6.07, 6.45) is 4.03. The van der Waals surface area contributed by atoms with E-state index >= 15 is 0 Å². The predicted octanol–water partition coefficient (Wildman–Crippen LogP) is 0.708. The Labute approximate surface area is 95.7 Å². The van der Waals surface area contributed by atoms with Gasteiger partial charge in [0.15, 0.2) is 0 Å². The Morgan fingerprint density at radius 2 is 2.25 bits per heavy atom. The van der Waals surface area contributed by atoms with Gasteiger partial charge in [-0.2, -0.15) is 0 Å². The highest BCUT2D eigenvalue weighted by molar-refractivity contribution is 5.80. The van der Waals surface area contributed by atoms with Crippen LogP contribution in [0.4, 0.5) is 0 Å². The zero-order valence-corrected chi connectivity index (χ0v) is 9.54. The third kappa shape index (κ3) is 1.74. The Morgan fingerprint density at radius 1 is 1.31 bits per heavy atom. The van der Waals surface area contributed by atoms with Crippen LogP contribution in [0.5, 0.6) is 0 Å². The van der Waals surface area contributed by atoms with Gasteiger partial charge in [0.2, 0.25) is 5.91 Å². The van der Waals surface area contributed by atoms with E-state index in [0.29, 0.717) is 5.92 Å². The van der Waals surface area contributed by atoms with Crippen LogP contribution in [-0.2, 0) is 14.3 Å². The lowest BCUT2D eigenvalue weighted by Gasteiger charge is -2.38. The third-order valence-corrected chi connectivity index (χ3v) is 4.26. The van der Waals surface area contributed by atoms with E-state index in [9.17, 15) is 4.79 Å². The highest BCUT2D eigenvalue weighted by atomic mass is 16.6. The van der Waals surface area contributed by atoms with Crippen molar-refractivity contribution in [1.29, 1.82) is 0 Å². The van der Waals surface area contributed by atoms with Crippen LogP contribution in [0.15, 0.2) is 0 Å². The first-order valence-electron chi connectivity index (χ1n) is 6.29. The molecule has 3 aliphatic heterocycles. The zero-order chi connectivity index (χ0) is 11.0. The summed E-state index contributed by atoms with van der Waals surface area (Å²) in [5.74, 6) is 0.972. The van der Waals surface area contributed by atoms with Crippen molar-refractivity contribution in [3.63, 3.8) is 0 Å². The molecule has 3 unspecified atom stereocenters. The van der Waals surface area contributed by atoms with Crippen LogP contribution in [0.2, 0.25) is 0 Å². The topological polar surface area (TPSA) is 47.6 Å². The summed E-state index contributed by atoms with van der Waals surface area (Å²) in [5, 5.41) is 2.93. The van der Waals surface area contributed by atoms with Crippen LogP contribution >= 0.6 is 0 Å². The quantitative estimate of drug-likeness (QED) is 0.715. The van der Waals surface area contributed by atoms with Crippen molar-refractivity contribution in [1.82, 2.24) is 5.32 Å². The zero-order valence-electron chi connectivity index (χ0n) is 9.54. The van der Waals surface area contributed by atoms with E-state index in [1.165, 1.54) is 0 Å². The van der Waals surface area contributed by atoms with Gasteiger partial charge in [0.1, 0.15) is 0 Å². The SMILES string of the molecule is O=C1NCCC1C1CCOC2(CCOC2)C1. The molecule has 1 spiro atoms. The number of carbonyl (C=O) groups is 1. The lowest BCUT2D eigenvalue weighted by Crippen LogP contribution is -2.43. The van der Waals surface area contributed by atoms with Crippen LogP contribution in [0.3, 0.4) is 0 Å². The summed E-state index contributed by atoms with van der Waals surface area (Å²) < 4.78 is 11.3. The van der Waals surface area contributed by atoms with Crippen molar-refractivity contribution in [2.75, 3.05) is 26.4 Å². The summed E-state index contributed by atoms with van der Waals surface area (Å²) in [6.45, 7) is 3.17. The van der Waals surface area contributed by atoms with Crippen molar-refractivity contribution < 1.29 is 14.3 Å². The monoisotopic (exact) mass is 225 g/mol. The average Bonchev–Trinajstić information content (AvgIpc) is 2.88. The van der Waals surface area contributed by atoms with Crippen molar-refractivity contribution >= 4 is 5.91 Å². The molecule has 0 aromatic rings. The van der Waals surface area contributed by atoms with E-state index in [2.05, 4.69) is 5.32 Å². The summed E-state index contributed by atoms with van der Waals surface area (Å²) in [4.78, 5) is 11.7. The molecular formula is C12H19NO3. The van der Waals surface area contributed by atoms with Gasteiger partial charge in [-0.25, -0.2) is 0 Å². The molecule has 0 radical (unpaired) electrons. The fourth-order valence-corrected chi connectivity index (χ4v) is 3.34. The summed E-state index contributed by atoms with van der Waals surface area (Å²) >= 11 is 0. The van der Waals surface area contributed by atoms with Crippen molar-refractivity contribution in [2.45, 2.75) is 31.3 Å². The van der Waals surface area contributed by atoms with Gasteiger partial charge in [-0.3, -0.25) is 4.79 Å². The normalized spacial score (nSPS) is 43.9. The molecule has 0 bridgehead atoms. The number of hydrogen-bond acceptors (Lipinski definition) is 3. The lowest BCUT2D eigenvalue weighted by atomic mass is 9.77. The molecule has 4 heteroatoms. The standard InChI is InChI=1S/C12H19NO3/c14-11-10(1-4-13-11)9-2-5-16-12(7-9)3-6-15-8-12/h9-10H,1-8H2,(H,13,14). The van der Waals surface area contributed by atoms with Gasteiger partial charge in [-0.05, 0) is 25.2 Å². The number of ether oxygens (including phenoxy) is 2. The number of amides is 1. The number of rotatable bonds is 1. The highest BCUT2D eigenvalue weighted by Crippen LogP contribution is 2.40. The molecule has 3 saturated heterocycles. The number of carbonyl (C=O) groups excluding carboxylic acids is 1. The second-order valence-electron chi connectivity index (χ2n) is 5.27. The van der Waals surface area contributed by atoms with E-state index in [1.807, 2.05) is 0 Å². The maximum Gasteiger partial charge on any atom is 0.223 e. The van der Waals surface area contributed by atoms with Gasteiger partial charge in [0.25, 0.3) is 0 Å². The first kappa shape index (κ1) is 10.5. The fraction of sp³-hybridized carbons (Fsp3) is 0.917. The molecule has 0 aromatic heterocycles. The summed E-state index contributed by atoms with van der Waals surface area (Å²) in [6, 6.07) is 0. The Hall–Kier alpha value is -0.610. The maximum atomic E-state index is 11.7. The van der Waals surface area contributed by atoms with Gasteiger partial charge < -0.3 is 14.8 Å². The Bertz CT molecular complexity index is 286. The molecular weight excluding hydrogens is 206 g/mol. The molecule has 16 heavy (non-hydrogen) atoms. The second-order valence-corrected chi connectivity index (χ2v) is 5.27. The second kappa shape index (κ2) is 4.00. The third-order valence-electron chi connectivity index (χ3n) is 4.26. The van der Waals surface area contributed by atoms with E-state index in [4.69, 9.17) is 9.47 Å². The molecule has 3 rings (SSSR count). The van der Waals surface area contributed by atoms with Crippen molar-refractivity contribution in [3.05, 3.63) is 0 Å². The van der Waals surface area contributed by atoms with Gasteiger partial charge in [-0.1, -0.05) is 0 Å². The van der Waals surface area contributed by atoms with Crippen molar-refractivity contribution in [2.24, 2.45) is 11.8 Å². The smallest absolute Gasteiger partial charge is 0.223 e. The summed E-state index contributed by atoms with van der Waals surface area (Å²) in [7, 11) is 0. The van der Waals surface area contributed by atoms with Gasteiger partial charge >= 0.3 is 0 Å². The molecule has 3 atom stereocenters. The molecule has 3 heterocycles. The van der Waals surface area contributed by atoms with Crippen molar-refractivity contribution in [3.8, 4) is 0 Å². The van der Waals surface area contributed by atoms with E-state index in [0.717, 1.165) is 52.0 Å². The predicted molar refractivity (Wildman–Crippen MR) is 58.0 cm³/mol. The Balaban J connectivity index is 1.69. The minimum Gasteiger partial charge on any atom is -0.378 e. The first-order valence-corrected chi connectivity index (χ1v) is 6.29. The first-order chi connectivity index (χ1) is 7.79. The molecule has 1 amide bonds. The maximum absolute atomic E-state index is 11.7. The number of hydrogen-bond donors (Lipinski definition) is 1. The fourth-order valence-electron chi connectivity index (χ4n) is 3.34. The Morgan fingerprint density at radius 3 is 2.94 bits per heavy atom. The van der Waals surface area contributed by atoms with Gasteiger partial charge in [0.05, 0.1) is 12.2 Å². The lowest BCUT2D eigenvalue weighted by molar-refractivity contribution is -0.131. The van der Waals surface area contributed by atoms with Gasteiger partial charge in [-0.15, -0.1) is 0 Å². The molecule has 90 valence electrons. The molecule has 1 N–H and O–H groups in total. The molecule has 0 aromatic carbocycles. The highest BCUT2D eigenvalue weighted by Gasteiger charge is 2.45. The van der Waals surface area contributed by atoms with E-state index in [-0.39, 0.29) is 17.4 Å². The molecule has 3 aliphatic rings. The molecule has 0 saturated carbocycles. The average molecular weight is 225 g/mol. The summed E-state index contributed by atoms with van der Waals surface area (Å²) in [5.41, 5.74) is -0.0637. The van der Waals surface area contributed by atoms with Crippen LogP contribution in [0.25, 0.3) is 0 Å². The number of nitrogens with one attached hydrogen (secondary N) is 1.